The quantitative estimate of drug-likeness (QED) is 0.0261. The van der Waals surface area contributed by atoms with Crippen molar-refractivity contribution in [3.05, 3.63) is 170 Å². The van der Waals surface area contributed by atoms with Crippen LogP contribution in [0.1, 0.15) is 265 Å². The Hall–Kier alpha value is -5.23. The third-order valence-corrected chi connectivity index (χ3v) is 13.2. The molecule has 0 aliphatic rings. The maximum atomic E-state index is 12.9. The summed E-state index contributed by atoms with van der Waals surface area (Å²) in [5, 5.41) is 0. The molecule has 0 spiro atoms. The molecule has 0 bridgehead atoms. The van der Waals surface area contributed by atoms with E-state index >= 15 is 0 Å². The van der Waals surface area contributed by atoms with Crippen LogP contribution in [0.2, 0.25) is 0 Å². The summed E-state index contributed by atoms with van der Waals surface area (Å²) < 4.78 is 16.9. The first-order chi connectivity index (χ1) is 40.0. The summed E-state index contributed by atoms with van der Waals surface area (Å²) >= 11 is 0. The largest absolute Gasteiger partial charge is 0.462 e. The highest BCUT2D eigenvalue weighted by Crippen LogP contribution is 2.15. The van der Waals surface area contributed by atoms with Crippen LogP contribution >= 0.6 is 0 Å². The van der Waals surface area contributed by atoms with Gasteiger partial charge in [-0.2, -0.15) is 0 Å². The Morgan fingerprint density at radius 2 is 0.444 bits per heavy atom. The van der Waals surface area contributed by atoms with E-state index in [0.29, 0.717) is 19.3 Å². The third kappa shape index (κ3) is 65.5. The van der Waals surface area contributed by atoms with E-state index in [9.17, 15) is 14.4 Å². The van der Waals surface area contributed by atoms with Gasteiger partial charge in [0.2, 0.25) is 0 Å². The monoisotopic (exact) mass is 1110 g/mol. The molecule has 6 heteroatoms. The number of carbonyl (C=O) groups is 3. The summed E-state index contributed by atoms with van der Waals surface area (Å²) in [5.41, 5.74) is 0. The van der Waals surface area contributed by atoms with Gasteiger partial charge in [0.1, 0.15) is 13.2 Å². The van der Waals surface area contributed by atoms with Gasteiger partial charge in [-0.15, -0.1) is 0 Å². The lowest BCUT2D eigenvalue weighted by molar-refractivity contribution is -0.167. The maximum Gasteiger partial charge on any atom is 0.306 e. The first-order valence-electron chi connectivity index (χ1n) is 32.6. The van der Waals surface area contributed by atoms with Gasteiger partial charge in [-0.25, -0.2) is 0 Å². The summed E-state index contributed by atoms with van der Waals surface area (Å²) in [6.45, 7) is 6.25. The van der Waals surface area contributed by atoms with Gasteiger partial charge >= 0.3 is 17.9 Å². The van der Waals surface area contributed by atoms with Crippen LogP contribution in [0, 0.1) is 0 Å². The van der Waals surface area contributed by atoms with Crippen molar-refractivity contribution in [2.45, 2.75) is 271 Å². The molecule has 0 fully saturated rings. The Bertz CT molecular complexity index is 1860. The minimum atomic E-state index is -0.809. The Labute approximate surface area is 498 Å². The number of carbonyl (C=O) groups excluding carboxylic acids is 3. The summed E-state index contributed by atoms with van der Waals surface area (Å²) in [7, 11) is 0. The van der Waals surface area contributed by atoms with E-state index in [-0.39, 0.29) is 31.1 Å². The normalized spacial score (nSPS) is 13.3. The highest BCUT2D eigenvalue weighted by molar-refractivity contribution is 5.71. The molecule has 0 aliphatic carbocycles. The molecule has 6 nitrogen and oxygen atoms in total. The molecule has 0 saturated heterocycles. The SMILES string of the molecule is CC/C=C\C/C=C\C/C=C\C/C=C\C/C=C\C/C=C\C/C=C\C/C=C\CCCCCCCCCCCCC(=O)OCC(COC(=O)CCCCC/C=C\C/C=C\C/C=C\CC)OC(=O)CCCCCCC/C=C\C/C=C\C/C=C\CC. The zero-order chi connectivity index (χ0) is 58.5. The fourth-order valence-corrected chi connectivity index (χ4v) is 8.43. The first-order valence-corrected chi connectivity index (χ1v) is 32.6. The van der Waals surface area contributed by atoms with Crippen molar-refractivity contribution in [2.75, 3.05) is 13.2 Å². The molecule has 0 saturated carbocycles. The standard InChI is InChI=1S/C75H118O6/c1-4-7-10-13-16-19-22-25-27-28-29-30-31-32-33-34-35-36-37-38-39-40-41-42-43-44-45-46-48-50-53-56-59-62-65-68-74(77)80-71-72(70-79-73(76)67-64-61-58-55-52-49-24-21-18-15-12-9-6-3)81-75(78)69-66-63-60-57-54-51-47-26-23-20-17-14-11-8-5-2/h7-12,16-21,25-27,29-30,32-33,35-36,38-39,41-42,47,49,52,72H,4-6,13-15,22-24,28,31,34,37,40,43-46,48,50-51,53-71H2,1-3H3/b10-7-,11-8-,12-9-,19-16-,20-17-,21-18-,27-25-,30-29-,33-32-,36-35-,39-38-,42-41-,47-26-,52-49-. The maximum absolute atomic E-state index is 12.9. The lowest BCUT2D eigenvalue weighted by Gasteiger charge is -2.18. The van der Waals surface area contributed by atoms with Gasteiger partial charge in [0.05, 0.1) is 0 Å². The van der Waals surface area contributed by atoms with Crippen LogP contribution in [0.15, 0.2) is 170 Å². The number of ether oxygens (including phenoxy) is 3. The zero-order valence-electron chi connectivity index (χ0n) is 52.0. The van der Waals surface area contributed by atoms with Gasteiger partial charge in [0.25, 0.3) is 0 Å². The summed E-state index contributed by atoms with van der Waals surface area (Å²) in [6.07, 6.45) is 99.4. The van der Waals surface area contributed by atoms with Crippen molar-refractivity contribution in [2.24, 2.45) is 0 Å². The Morgan fingerprint density at radius 3 is 0.704 bits per heavy atom. The fourth-order valence-electron chi connectivity index (χ4n) is 8.43. The van der Waals surface area contributed by atoms with Crippen LogP contribution in [0.4, 0.5) is 0 Å². The van der Waals surface area contributed by atoms with E-state index in [1.807, 2.05) is 0 Å². The van der Waals surface area contributed by atoms with Gasteiger partial charge in [-0.1, -0.05) is 268 Å². The molecule has 0 aromatic heterocycles. The predicted octanol–water partition coefficient (Wildman–Crippen LogP) is 22.7. The molecule has 0 aromatic carbocycles. The van der Waals surface area contributed by atoms with Gasteiger partial charge in [0.15, 0.2) is 6.10 Å². The minimum Gasteiger partial charge on any atom is -0.462 e. The van der Waals surface area contributed by atoms with Crippen molar-refractivity contribution in [1.29, 1.82) is 0 Å². The van der Waals surface area contributed by atoms with Gasteiger partial charge in [-0.05, 0) is 148 Å². The average molecular weight is 1120 g/mol. The molecule has 454 valence electrons. The van der Waals surface area contributed by atoms with E-state index in [0.717, 1.165) is 180 Å². The number of unbranched alkanes of at least 4 members (excludes halogenated alkanes) is 18. The van der Waals surface area contributed by atoms with Crippen molar-refractivity contribution in [1.82, 2.24) is 0 Å². The van der Waals surface area contributed by atoms with Gasteiger partial charge in [-0.3, -0.25) is 14.4 Å². The number of rotatable bonds is 57. The van der Waals surface area contributed by atoms with E-state index in [2.05, 4.69) is 191 Å². The minimum absolute atomic E-state index is 0.103. The second-order valence-corrected chi connectivity index (χ2v) is 20.9. The Kier molecular flexibility index (Phi) is 62.9. The van der Waals surface area contributed by atoms with Crippen molar-refractivity contribution in [3.63, 3.8) is 0 Å². The summed E-state index contributed by atoms with van der Waals surface area (Å²) in [6, 6.07) is 0. The predicted molar refractivity (Wildman–Crippen MR) is 352 cm³/mol. The summed E-state index contributed by atoms with van der Waals surface area (Å²) in [5.74, 6) is -0.959. The van der Waals surface area contributed by atoms with Crippen LogP contribution in [0.3, 0.4) is 0 Å². The topological polar surface area (TPSA) is 78.9 Å². The molecule has 0 rings (SSSR count). The Balaban J connectivity index is 4.27. The molecule has 0 heterocycles. The number of hydrogen-bond acceptors (Lipinski definition) is 6. The zero-order valence-corrected chi connectivity index (χ0v) is 52.0. The fraction of sp³-hybridized carbons (Fsp3) is 0.587. The molecule has 0 amide bonds. The molecule has 1 unspecified atom stereocenters. The second-order valence-electron chi connectivity index (χ2n) is 20.9. The lowest BCUT2D eigenvalue weighted by atomic mass is 10.1. The van der Waals surface area contributed by atoms with E-state index < -0.39 is 6.10 Å². The molecular weight excluding hydrogens is 997 g/mol. The van der Waals surface area contributed by atoms with Crippen LogP contribution in [-0.2, 0) is 28.6 Å². The highest BCUT2D eigenvalue weighted by atomic mass is 16.6. The smallest absolute Gasteiger partial charge is 0.306 e. The summed E-state index contributed by atoms with van der Waals surface area (Å²) in [4.78, 5) is 38.2. The number of esters is 3. The van der Waals surface area contributed by atoms with Gasteiger partial charge in [0, 0.05) is 19.3 Å². The highest BCUT2D eigenvalue weighted by Gasteiger charge is 2.19. The van der Waals surface area contributed by atoms with Crippen molar-refractivity contribution < 1.29 is 28.6 Å². The molecule has 0 N–H and O–H groups in total. The van der Waals surface area contributed by atoms with Crippen LogP contribution in [0.5, 0.6) is 0 Å². The van der Waals surface area contributed by atoms with Crippen LogP contribution < -0.4 is 0 Å². The van der Waals surface area contributed by atoms with Crippen molar-refractivity contribution >= 4 is 17.9 Å². The van der Waals surface area contributed by atoms with Gasteiger partial charge < -0.3 is 14.2 Å². The molecule has 0 radical (unpaired) electrons. The molecular formula is C75H118O6. The van der Waals surface area contributed by atoms with Crippen LogP contribution in [0.25, 0.3) is 0 Å². The Morgan fingerprint density at radius 1 is 0.247 bits per heavy atom. The lowest BCUT2D eigenvalue weighted by Crippen LogP contribution is -2.30. The second kappa shape index (κ2) is 67.3. The van der Waals surface area contributed by atoms with E-state index in [1.54, 1.807) is 0 Å². The molecule has 81 heavy (non-hydrogen) atoms. The van der Waals surface area contributed by atoms with E-state index in [1.165, 1.54) is 44.9 Å². The van der Waals surface area contributed by atoms with Crippen LogP contribution in [-0.4, -0.2) is 37.2 Å². The van der Waals surface area contributed by atoms with Crippen molar-refractivity contribution in [3.8, 4) is 0 Å². The number of hydrogen-bond donors (Lipinski definition) is 0. The average Bonchev–Trinajstić information content (AvgIpc) is 3.46. The molecule has 1 atom stereocenters. The molecule has 0 aliphatic heterocycles. The first kappa shape index (κ1) is 75.8. The number of allylic oxidation sites excluding steroid dienone is 28. The van der Waals surface area contributed by atoms with E-state index in [4.69, 9.17) is 14.2 Å². The molecule has 0 aromatic rings. The third-order valence-electron chi connectivity index (χ3n) is 13.2.